The molecule has 0 fully saturated rings. The molecule has 21 heavy (non-hydrogen) atoms. The Morgan fingerprint density at radius 3 is 2.81 bits per heavy atom. The van der Waals surface area contributed by atoms with Gasteiger partial charge in [0.2, 0.25) is 0 Å². The van der Waals surface area contributed by atoms with Crippen LogP contribution in [0, 0.1) is 5.82 Å². The summed E-state index contributed by atoms with van der Waals surface area (Å²) in [5, 5.41) is 4.83. The first-order valence-electron chi connectivity index (χ1n) is 6.68. The summed E-state index contributed by atoms with van der Waals surface area (Å²) in [5.41, 5.74) is 3.91. The van der Waals surface area contributed by atoms with Crippen LogP contribution in [0.3, 0.4) is 0 Å². The molecule has 0 aliphatic carbocycles. The molecule has 0 spiro atoms. The van der Waals surface area contributed by atoms with Crippen molar-refractivity contribution in [3.05, 3.63) is 51.5 Å². The summed E-state index contributed by atoms with van der Waals surface area (Å²) in [6.45, 7) is 2.76. The molecule has 2 rings (SSSR count). The van der Waals surface area contributed by atoms with E-state index >= 15 is 0 Å². The Morgan fingerprint density at radius 2 is 2.14 bits per heavy atom. The van der Waals surface area contributed by atoms with E-state index in [1.54, 1.807) is 23.0 Å². The van der Waals surface area contributed by atoms with Gasteiger partial charge in [0.25, 0.3) is 0 Å². The van der Waals surface area contributed by atoms with Gasteiger partial charge in [0, 0.05) is 6.54 Å². The predicted molar refractivity (Wildman–Crippen MR) is 82.7 cm³/mol. The lowest BCUT2D eigenvalue weighted by Gasteiger charge is -2.19. The highest BCUT2D eigenvalue weighted by Gasteiger charge is 2.21. The lowest BCUT2D eigenvalue weighted by atomic mass is 10.0. The number of hydrazine groups is 1. The van der Waals surface area contributed by atoms with Gasteiger partial charge in [-0.1, -0.05) is 42.3 Å². The van der Waals surface area contributed by atoms with E-state index in [9.17, 15) is 4.39 Å². The SMILES string of the molecule is CCCn1ncc(Cl)c1C(Cc1cccc(Cl)c1F)NN. The number of hydrogen-bond acceptors (Lipinski definition) is 3. The van der Waals surface area contributed by atoms with Crippen molar-refractivity contribution in [1.82, 2.24) is 15.2 Å². The fourth-order valence-corrected chi connectivity index (χ4v) is 2.74. The minimum Gasteiger partial charge on any atom is -0.271 e. The first-order valence-corrected chi connectivity index (χ1v) is 7.44. The van der Waals surface area contributed by atoms with E-state index < -0.39 is 5.82 Å². The van der Waals surface area contributed by atoms with Gasteiger partial charge in [0.05, 0.1) is 28.0 Å². The number of nitrogens with zero attached hydrogens (tertiary/aromatic N) is 2. The number of halogens is 3. The number of rotatable bonds is 6. The van der Waals surface area contributed by atoms with Gasteiger partial charge in [-0.25, -0.2) is 4.39 Å². The van der Waals surface area contributed by atoms with Crippen LogP contribution < -0.4 is 11.3 Å². The average molecular weight is 331 g/mol. The standard InChI is InChI=1S/C14H17Cl2FN4/c1-2-6-21-14(11(16)8-19-21)12(20-18)7-9-4-3-5-10(15)13(9)17/h3-5,8,12,20H,2,6-7,18H2,1H3. The van der Waals surface area contributed by atoms with Crippen molar-refractivity contribution in [2.24, 2.45) is 5.84 Å². The van der Waals surface area contributed by atoms with E-state index in [-0.39, 0.29) is 11.1 Å². The zero-order chi connectivity index (χ0) is 15.4. The number of hydrogen-bond donors (Lipinski definition) is 2. The van der Waals surface area contributed by atoms with Crippen LogP contribution in [0.1, 0.15) is 30.6 Å². The summed E-state index contributed by atoms with van der Waals surface area (Å²) in [4.78, 5) is 0. The number of benzene rings is 1. The van der Waals surface area contributed by atoms with Gasteiger partial charge in [-0.05, 0) is 24.5 Å². The Hall–Kier alpha value is -1.14. The topological polar surface area (TPSA) is 55.9 Å². The molecule has 0 saturated carbocycles. The second kappa shape index (κ2) is 7.22. The normalized spacial score (nSPS) is 12.6. The molecular formula is C14H17Cl2FN4. The quantitative estimate of drug-likeness (QED) is 0.629. The molecule has 114 valence electrons. The van der Waals surface area contributed by atoms with Crippen molar-refractivity contribution in [3.8, 4) is 0 Å². The molecule has 1 aromatic heterocycles. The van der Waals surface area contributed by atoms with E-state index in [2.05, 4.69) is 10.5 Å². The van der Waals surface area contributed by atoms with Crippen LogP contribution in [0.15, 0.2) is 24.4 Å². The third-order valence-electron chi connectivity index (χ3n) is 3.26. The summed E-state index contributed by atoms with van der Waals surface area (Å²) in [6.07, 6.45) is 2.82. The van der Waals surface area contributed by atoms with Crippen molar-refractivity contribution in [3.63, 3.8) is 0 Å². The molecule has 1 atom stereocenters. The van der Waals surface area contributed by atoms with Crippen LogP contribution in [0.2, 0.25) is 10.0 Å². The monoisotopic (exact) mass is 330 g/mol. The van der Waals surface area contributed by atoms with Crippen molar-refractivity contribution in [2.45, 2.75) is 32.4 Å². The Kier molecular flexibility index (Phi) is 5.58. The Bertz CT molecular complexity index is 615. The second-order valence-electron chi connectivity index (χ2n) is 4.74. The predicted octanol–water partition coefficient (Wildman–Crippen LogP) is 3.49. The summed E-state index contributed by atoms with van der Waals surface area (Å²) in [7, 11) is 0. The third kappa shape index (κ3) is 3.55. The maximum absolute atomic E-state index is 14.0. The Labute approximate surface area is 133 Å². The zero-order valence-corrected chi connectivity index (χ0v) is 13.1. The molecule has 0 aliphatic heterocycles. The van der Waals surface area contributed by atoms with Crippen LogP contribution in [0.5, 0.6) is 0 Å². The lowest BCUT2D eigenvalue weighted by molar-refractivity contribution is 0.470. The minimum atomic E-state index is -0.433. The van der Waals surface area contributed by atoms with E-state index in [0.29, 0.717) is 17.0 Å². The largest absolute Gasteiger partial charge is 0.271 e. The van der Waals surface area contributed by atoms with Crippen LogP contribution in [0.4, 0.5) is 4.39 Å². The van der Waals surface area contributed by atoms with Crippen molar-refractivity contribution in [2.75, 3.05) is 0 Å². The molecule has 1 heterocycles. The number of aromatic nitrogens is 2. The van der Waals surface area contributed by atoms with Gasteiger partial charge in [0.1, 0.15) is 5.82 Å². The van der Waals surface area contributed by atoms with E-state index in [0.717, 1.165) is 18.7 Å². The number of nitrogens with one attached hydrogen (secondary N) is 1. The van der Waals surface area contributed by atoms with E-state index in [1.807, 2.05) is 6.92 Å². The molecule has 0 radical (unpaired) electrons. The average Bonchev–Trinajstić information content (AvgIpc) is 2.82. The van der Waals surface area contributed by atoms with Crippen LogP contribution in [-0.2, 0) is 13.0 Å². The lowest BCUT2D eigenvalue weighted by Crippen LogP contribution is -2.32. The van der Waals surface area contributed by atoms with Gasteiger partial charge in [0.15, 0.2) is 0 Å². The summed E-state index contributed by atoms with van der Waals surface area (Å²) < 4.78 is 15.8. The smallest absolute Gasteiger partial charge is 0.145 e. The fourth-order valence-electron chi connectivity index (χ4n) is 2.27. The van der Waals surface area contributed by atoms with Gasteiger partial charge in [-0.3, -0.25) is 16.0 Å². The molecule has 2 aromatic rings. The zero-order valence-electron chi connectivity index (χ0n) is 11.6. The highest BCUT2D eigenvalue weighted by molar-refractivity contribution is 6.31. The van der Waals surface area contributed by atoms with Crippen molar-refractivity contribution < 1.29 is 4.39 Å². The fraction of sp³-hybridized carbons (Fsp3) is 0.357. The highest BCUT2D eigenvalue weighted by atomic mass is 35.5. The van der Waals surface area contributed by atoms with Crippen LogP contribution in [0.25, 0.3) is 0 Å². The van der Waals surface area contributed by atoms with Gasteiger partial charge >= 0.3 is 0 Å². The van der Waals surface area contributed by atoms with E-state index in [1.165, 1.54) is 6.07 Å². The molecule has 1 unspecified atom stereocenters. The summed E-state index contributed by atoms with van der Waals surface area (Å²) in [6, 6.07) is 4.55. The van der Waals surface area contributed by atoms with Gasteiger partial charge in [-0.2, -0.15) is 5.10 Å². The Balaban J connectivity index is 2.32. The summed E-state index contributed by atoms with van der Waals surface area (Å²) >= 11 is 12.0. The molecule has 0 aliphatic rings. The summed E-state index contributed by atoms with van der Waals surface area (Å²) in [5.74, 6) is 5.20. The van der Waals surface area contributed by atoms with Crippen LogP contribution in [-0.4, -0.2) is 9.78 Å². The van der Waals surface area contributed by atoms with Crippen molar-refractivity contribution >= 4 is 23.2 Å². The molecule has 0 amide bonds. The molecule has 7 heteroatoms. The second-order valence-corrected chi connectivity index (χ2v) is 5.55. The third-order valence-corrected chi connectivity index (χ3v) is 3.84. The molecule has 3 N–H and O–H groups in total. The van der Waals surface area contributed by atoms with Gasteiger partial charge < -0.3 is 0 Å². The van der Waals surface area contributed by atoms with Crippen LogP contribution >= 0.6 is 23.2 Å². The Morgan fingerprint density at radius 1 is 1.38 bits per heavy atom. The van der Waals surface area contributed by atoms with Crippen molar-refractivity contribution in [1.29, 1.82) is 0 Å². The first-order chi connectivity index (χ1) is 10.1. The minimum absolute atomic E-state index is 0.0939. The number of nitrogens with two attached hydrogens (primary N) is 1. The maximum Gasteiger partial charge on any atom is 0.145 e. The molecule has 0 bridgehead atoms. The molecule has 0 saturated heterocycles. The molecule has 1 aromatic carbocycles. The highest BCUT2D eigenvalue weighted by Crippen LogP contribution is 2.28. The maximum atomic E-state index is 14.0. The molecule has 4 nitrogen and oxygen atoms in total. The molecular weight excluding hydrogens is 314 g/mol. The van der Waals surface area contributed by atoms with Gasteiger partial charge in [-0.15, -0.1) is 0 Å². The first kappa shape index (κ1) is 16.2. The van der Waals surface area contributed by atoms with E-state index in [4.69, 9.17) is 29.0 Å². The number of aryl methyl sites for hydroxylation is 1.